The maximum absolute atomic E-state index is 13.4. The van der Waals surface area contributed by atoms with Gasteiger partial charge in [-0.2, -0.15) is 4.31 Å². The van der Waals surface area contributed by atoms with E-state index in [0.717, 1.165) is 25.1 Å². The van der Waals surface area contributed by atoms with Crippen molar-refractivity contribution in [2.24, 2.45) is 0 Å². The molecule has 0 spiro atoms. The van der Waals surface area contributed by atoms with Crippen LogP contribution in [-0.2, 0) is 21.2 Å². The first-order chi connectivity index (χ1) is 15.3. The first kappa shape index (κ1) is 23.8. The number of carbonyl (C=O) groups is 1. The molecule has 1 amide bonds. The molecule has 2 N–H and O–H groups in total. The number of non-ortho nitro benzene ring substituents is 1. The second-order valence-corrected chi connectivity index (χ2v) is 9.59. The van der Waals surface area contributed by atoms with Crippen LogP contribution in [0.2, 0.25) is 0 Å². The van der Waals surface area contributed by atoms with Crippen LogP contribution < -0.4 is 10.6 Å². The highest BCUT2D eigenvalue weighted by atomic mass is 32.2. The third kappa shape index (κ3) is 5.90. The Balaban J connectivity index is 1.72. The van der Waals surface area contributed by atoms with Crippen molar-refractivity contribution in [3.8, 4) is 0 Å². The number of hydrogen-bond donors (Lipinski definition) is 2. The van der Waals surface area contributed by atoms with Crippen molar-refractivity contribution >= 4 is 27.3 Å². The molecule has 1 heterocycles. The summed E-state index contributed by atoms with van der Waals surface area (Å²) in [5, 5.41) is 16.7. The van der Waals surface area contributed by atoms with Gasteiger partial charge in [-0.25, -0.2) is 8.42 Å². The molecule has 10 heteroatoms. The molecule has 0 atom stereocenters. The minimum Gasteiger partial charge on any atom is -0.326 e. The highest BCUT2D eigenvalue weighted by molar-refractivity contribution is 7.89. The van der Waals surface area contributed by atoms with Gasteiger partial charge in [-0.15, -0.1) is 0 Å². The molecule has 2 aromatic rings. The maximum Gasteiger partial charge on any atom is 0.269 e. The van der Waals surface area contributed by atoms with E-state index in [1.54, 1.807) is 12.1 Å². The second kappa shape index (κ2) is 10.7. The molecule has 9 nitrogen and oxygen atoms in total. The lowest BCUT2D eigenvalue weighted by Gasteiger charge is -2.33. The van der Waals surface area contributed by atoms with Gasteiger partial charge in [0.2, 0.25) is 15.9 Å². The highest BCUT2D eigenvalue weighted by Gasteiger charge is 2.32. The topological polar surface area (TPSA) is 122 Å². The van der Waals surface area contributed by atoms with E-state index < -0.39 is 14.9 Å². The molecule has 0 saturated carbocycles. The minimum atomic E-state index is -3.76. The van der Waals surface area contributed by atoms with Crippen molar-refractivity contribution in [1.29, 1.82) is 0 Å². The van der Waals surface area contributed by atoms with Crippen LogP contribution in [0, 0.1) is 10.1 Å². The van der Waals surface area contributed by atoms with Gasteiger partial charge in [0.1, 0.15) is 0 Å². The molecular formula is C22H28N4O5S. The van der Waals surface area contributed by atoms with Crippen LogP contribution in [0.25, 0.3) is 0 Å². The summed E-state index contributed by atoms with van der Waals surface area (Å²) < 4.78 is 28.3. The van der Waals surface area contributed by atoms with Crippen molar-refractivity contribution in [2.75, 3.05) is 25.0 Å². The summed E-state index contributed by atoms with van der Waals surface area (Å²) in [5.74, 6) is -0.352. The number of nitrogens with zero attached hydrogens (tertiary/aromatic N) is 2. The van der Waals surface area contributed by atoms with Crippen molar-refractivity contribution in [3.63, 3.8) is 0 Å². The Bertz CT molecular complexity index is 1030. The predicted octanol–water partition coefficient (Wildman–Crippen LogP) is 2.93. The second-order valence-electron chi connectivity index (χ2n) is 7.70. The number of nitro benzene ring substituents is 1. The first-order valence-corrected chi connectivity index (χ1v) is 12.1. The Morgan fingerprint density at radius 2 is 1.75 bits per heavy atom. The Hall–Kier alpha value is -2.82. The summed E-state index contributed by atoms with van der Waals surface area (Å²) in [4.78, 5) is 23.0. The number of nitrogens with one attached hydrogen (secondary N) is 2. The predicted molar refractivity (Wildman–Crippen MR) is 122 cm³/mol. The van der Waals surface area contributed by atoms with Crippen molar-refractivity contribution in [3.05, 3.63) is 64.2 Å². The summed E-state index contributed by atoms with van der Waals surface area (Å²) in [6.45, 7) is 3.51. The lowest BCUT2D eigenvalue weighted by molar-refractivity contribution is -0.384. The number of piperidine rings is 1. The first-order valence-electron chi connectivity index (χ1n) is 10.7. The molecule has 0 unspecified atom stereocenters. The third-order valence-electron chi connectivity index (χ3n) is 5.58. The van der Waals surface area contributed by atoms with Gasteiger partial charge in [0, 0.05) is 36.8 Å². The molecular weight excluding hydrogens is 432 g/mol. The van der Waals surface area contributed by atoms with Gasteiger partial charge < -0.3 is 10.6 Å². The molecule has 2 aromatic carbocycles. The molecule has 0 bridgehead atoms. The molecule has 32 heavy (non-hydrogen) atoms. The molecule has 0 aromatic heterocycles. The summed E-state index contributed by atoms with van der Waals surface area (Å²) in [5.41, 5.74) is 1.41. The van der Waals surface area contributed by atoms with E-state index >= 15 is 0 Å². The lowest BCUT2D eigenvalue weighted by atomic mass is 10.1. The largest absolute Gasteiger partial charge is 0.326 e. The van der Waals surface area contributed by atoms with E-state index in [-0.39, 0.29) is 35.5 Å². The number of hydrogen-bond acceptors (Lipinski definition) is 6. The fourth-order valence-electron chi connectivity index (χ4n) is 3.73. The summed E-state index contributed by atoms with van der Waals surface area (Å²) >= 11 is 0. The standard InChI is InChI=1S/C22H28N4O5S/c1-2-17-3-9-21(10-4-17)32(30,31)25(19-11-14-23-15-12-19)16-13-22(27)24-18-5-7-20(8-6-18)26(28)29/h3-10,19,23H,2,11-16H2,1H3,(H,24,27). The van der Waals surface area contributed by atoms with Crippen LogP contribution in [-0.4, -0.2) is 49.2 Å². The number of benzene rings is 2. The van der Waals surface area contributed by atoms with E-state index in [0.29, 0.717) is 18.5 Å². The van der Waals surface area contributed by atoms with Gasteiger partial charge in [-0.05, 0) is 62.2 Å². The van der Waals surface area contributed by atoms with Gasteiger partial charge in [-0.1, -0.05) is 19.1 Å². The number of carbonyl (C=O) groups excluding carboxylic acids is 1. The summed E-state index contributed by atoms with van der Waals surface area (Å²) in [6.07, 6.45) is 2.15. The third-order valence-corrected chi connectivity index (χ3v) is 7.54. The molecule has 1 aliphatic rings. The van der Waals surface area contributed by atoms with E-state index in [4.69, 9.17) is 0 Å². The zero-order valence-corrected chi connectivity index (χ0v) is 18.8. The Labute approximate surface area is 188 Å². The number of nitro groups is 1. The van der Waals surface area contributed by atoms with Crippen LogP contribution in [0.4, 0.5) is 11.4 Å². The van der Waals surface area contributed by atoms with Crippen molar-refractivity contribution in [2.45, 2.75) is 43.5 Å². The number of sulfonamides is 1. The van der Waals surface area contributed by atoms with Crippen molar-refractivity contribution < 1.29 is 18.1 Å². The van der Waals surface area contributed by atoms with Crippen LogP contribution in [0.15, 0.2) is 53.4 Å². The normalized spacial score (nSPS) is 14.9. The van der Waals surface area contributed by atoms with E-state index in [9.17, 15) is 23.3 Å². The van der Waals surface area contributed by atoms with Gasteiger partial charge in [0.05, 0.1) is 9.82 Å². The molecule has 3 rings (SSSR count). The molecule has 0 aliphatic carbocycles. The summed E-state index contributed by atoms with van der Waals surface area (Å²) in [7, 11) is -3.76. The van der Waals surface area contributed by atoms with E-state index in [2.05, 4.69) is 10.6 Å². The molecule has 172 valence electrons. The van der Waals surface area contributed by atoms with Crippen LogP contribution in [0.5, 0.6) is 0 Å². The monoisotopic (exact) mass is 460 g/mol. The van der Waals surface area contributed by atoms with E-state index in [1.807, 2.05) is 19.1 Å². The van der Waals surface area contributed by atoms with Crippen LogP contribution in [0.3, 0.4) is 0 Å². The molecule has 1 aliphatic heterocycles. The fraction of sp³-hybridized carbons (Fsp3) is 0.409. The number of aryl methyl sites for hydroxylation is 1. The lowest BCUT2D eigenvalue weighted by Crippen LogP contribution is -2.47. The Morgan fingerprint density at radius 1 is 1.12 bits per heavy atom. The van der Waals surface area contributed by atoms with Gasteiger partial charge in [0.15, 0.2) is 0 Å². The van der Waals surface area contributed by atoms with Gasteiger partial charge >= 0.3 is 0 Å². The van der Waals surface area contributed by atoms with Crippen molar-refractivity contribution in [1.82, 2.24) is 9.62 Å². The van der Waals surface area contributed by atoms with Gasteiger partial charge in [-0.3, -0.25) is 14.9 Å². The average Bonchev–Trinajstić information content (AvgIpc) is 2.80. The fourth-order valence-corrected chi connectivity index (χ4v) is 5.41. The van der Waals surface area contributed by atoms with Gasteiger partial charge in [0.25, 0.3) is 5.69 Å². The van der Waals surface area contributed by atoms with E-state index in [1.165, 1.54) is 28.6 Å². The maximum atomic E-state index is 13.4. The quantitative estimate of drug-likeness (QED) is 0.438. The number of amides is 1. The zero-order chi connectivity index (χ0) is 23.1. The highest BCUT2D eigenvalue weighted by Crippen LogP contribution is 2.24. The smallest absolute Gasteiger partial charge is 0.269 e. The summed E-state index contributed by atoms with van der Waals surface area (Å²) in [6, 6.07) is 12.2. The zero-order valence-electron chi connectivity index (χ0n) is 18.0. The Kier molecular flexibility index (Phi) is 7.94. The molecule has 1 fully saturated rings. The molecule has 0 radical (unpaired) electrons. The Morgan fingerprint density at radius 3 is 2.31 bits per heavy atom. The van der Waals surface area contributed by atoms with Crippen LogP contribution in [0.1, 0.15) is 31.7 Å². The molecule has 1 saturated heterocycles. The number of rotatable bonds is 9. The minimum absolute atomic E-state index is 0.0206. The van der Waals surface area contributed by atoms with Crippen LogP contribution >= 0.6 is 0 Å². The number of anilines is 1. The average molecular weight is 461 g/mol. The SMILES string of the molecule is CCc1ccc(S(=O)(=O)N(CCC(=O)Nc2ccc([N+](=O)[O-])cc2)C2CCNCC2)cc1.